The quantitative estimate of drug-likeness (QED) is 0.604. The highest BCUT2D eigenvalue weighted by molar-refractivity contribution is 6.30. The molecule has 3 aromatic carbocycles. The molecular weight excluding hydrogens is 391 g/mol. The molecule has 3 aromatic rings. The van der Waals surface area contributed by atoms with Crippen LogP contribution in [0.25, 0.3) is 0 Å². The first-order chi connectivity index (χ1) is 14.0. The fourth-order valence-electron chi connectivity index (χ4n) is 3.52. The Morgan fingerprint density at radius 1 is 1.10 bits per heavy atom. The molecule has 2 atom stereocenters. The molecule has 1 heterocycles. The van der Waals surface area contributed by atoms with E-state index in [0.29, 0.717) is 22.6 Å². The molecule has 1 aliphatic rings. The van der Waals surface area contributed by atoms with Crippen molar-refractivity contribution in [3.63, 3.8) is 0 Å². The smallest absolute Gasteiger partial charge is 0.126 e. The van der Waals surface area contributed by atoms with Crippen molar-refractivity contribution in [2.75, 3.05) is 7.11 Å². The van der Waals surface area contributed by atoms with Crippen molar-refractivity contribution < 1.29 is 14.2 Å². The molecule has 0 saturated carbocycles. The van der Waals surface area contributed by atoms with Crippen molar-refractivity contribution in [2.24, 2.45) is 4.99 Å². The lowest BCUT2D eigenvalue weighted by Gasteiger charge is -2.31. The average molecular weight is 411 g/mol. The number of aromatic hydroxyl groups is 1. The summed E-state index contributed by atoms with van der Waals surface area (Å²) in [6, 6.07) is 18.7. The minimum Gasteiger partial charge on any atom is -0.508 e. The van der Waals surface area contributed by atoms with Crippen LogP contribution < -0.4 is 10.1 Å². The van der Waals surface area contributed by atoms with E-state index < -0.39 is 6.17 Å². The topological polar surface area (TPSA) is 53.8 Å². The highest BCUT2D eigenvalue weighted by Crippen LogP contribution is 2.36. The summed E-state index contributed by atoms with van der Waals surface area (Å²) in [7, 11) is 1.62. The Kier molecular flexibility index (Phi) is 5.51. The van der Waals surface area contributed by atoms with E-state index >= 15 is 0 Å². The highest BCUT2D eigenvalue weighted by atomic mass is 35.5. The summed E-state index contributed by atoms with van der Waals surface area (Å²) >= 11 is 6.16. The van der Waals surface area contributed by atoms with Crippen LogP contribution in [0.5, 0.6) is 11.5 Å². The van der Waals surface area contributed by atoms with E-state index in [0.717, 1.165) is 17.0 Å². The SMILES string of the molecule is COc1ccc(C2=N[C@H](c3cccc(F)c3)N[C@@H](c3cc(Cl)ccc3O)C2)cc1. The van der Waals surface area contributed by atoms with E-state index in [-0.39, 0.29) is 17.6 Å². The van der Waals surface area contributed by atoms with Crippen LogP contribution >= 0.6 is 11.6 Å². The first-order valence-electron chi connectivity index (χ1n) is 9.24. The number of hydrogen-bond donors (Lipinski definition) is 2. The van der Waals surface area contributed by atoms with Gasteiger partial charge in [0.25, 0.3) is 0 Å². The molecule has 0 aliphatic carbocycles. The predicted molar refractivity (Wildman–Crippen MR) is 112 cm³/mol. The monoisotopic (exact) mass is 410 g/mol. The summed E-state index contributed by atoms with van der Waals surface area (Å²) in [6.45, 7) is 0. The Hall–Kier alpha value is -2.89. The van der Waals surface area contributed by atoms with Crippen LogP contribution in [0.15, 0.2) is 71.7 Å². The molecule has 0 fully saturated rings. The van der Waals surface area contributed by atoms with Crippen molar-refractivity contribution in [1.82, 2.24) is 5.32 Å². The number of phenolic OH excluding ortho intramolecular Hbond substituents is 1. The number of halogens is 2. The standard InChI is InChI=1S/C23H20ClFN2O2/c1-29-18-8-5-14(6-9-18)20-13-21(19-12-16(24)7-10-22(19)28)27-23(26-20)15-3-2-4-17(25)11-15/h2-12,21,23,27-28H,13H2,1H3/t21-,23+/m1/s1. The zero-order valence-corrected chi connectivity index (χ0v) is 16.5. The molecule has 1 aliphatic heterocycles. The maximum Gasteiger partial charge on any atom is 0.126 e. The van der Waals surface area contributed by atoms with Gasteiger partial charge in [-0.05, 0) is 65.7 Å². The fourth-order valence-corrected chi connectivity index (χ4v) is 3.70. The Morgan fingerprint density at radius 2 is 1.90 bits per heavy atom. The number of hydrogen-bond acceptors (Lipinski definition) is 4. The van der Waals surface area contributed by atoms with Crippen LogP contribution in [0.2, 0.25) is 5.02 Å². The maximum atomic E-state index is 13.8. The maximum absolute atomic E-state index is 13.8. The van der Waals surface area contributed by atoms with Gasteiger partial charge in [0.1, 0.15) is 23.5 Å². The number of rotatable bonds is 4. The predicted octanol–water partition coefficient (Wildman–Crippen LogP) is 5.42. The zero-order chi connectivity index (χ0) is 20.4. The second-order valence-corrected chi connectivity index (χ2v) is 7.32. The van der Waals surface area contributed by atoms with Crippen LogP contribution in [0.1, 0.15) is 35.3 Å². The summed E-state index contributed by atoms with van der Waals surface area (Å²) in [5.74, 6) is 0.591. The van der Waals surface area contributed by atoms with Gasteiger partial charge in [0.05, 0.1) is 7.11 Å². The number of nitrogens with one attached hydrogen (secondary N) is 1. The minimum atomic E-state index is -0.458. The van der Waals surface area contributed by atoms with Gasteiger partial charge >= 0.3 is 0 Å². The molecule has 0 radical (unpaired) electrons. The third kappa shape index (κ3) is 4.26. The van der Waals surface area contributed by atoms with E-state index in [1.807, 2.05) is 30.3 Å². The third-order valence-electron chi connectivity index (χ3n) is 4.99. The minimum absolute atomic E-state index is 0.154. The molecule has 0 spiro atoms. The van der Waals surface area contributed by atoms with E-state index in [4.69, 9.17) is 21.3 Å². The van der Waals surface area contributed by atoms with E-state index in [1.165, 1.54) is 12.1 Å². The Bertz CT molecular complexity index is 1050. The highest BCUT2D eigenvalue weighted by Gasteiger charge is 2.28. The molecule has 2 N–H and O–H groups in total. The van der Waals surface area contributed by atoms with Gasteiger partial charge in [-0.1, -0.05) is 23.7 Å². The normalized spacial score (nSPS) is 18.9. The molecule has 4 nitrogen and oxygen atoms in total. The molecular formula is C23H20ClFN2O2. The van der Waals surface area contributed by atoms with Gasteiger partial charge < -0.3 is 9.84 Å². The lowest BCUT2D eigenvalue weighted by atomic mass is 9.93. The van der Waals surface area contributed by atoms with Crippen molar-refractivity contribution in [3.05, 3.63) is 94.3 Å². The lowest BCUT2D eigenvalue weighted by Crippen LogP contribution is -2.33. The van der Waals surface area contributed by atoms with Gasteiger partial charge in [0.15, 0.2) is 0 Å². The molecule has 4 rings (SSSR count). The Labute approximate surface area is 173 Å². The molecule has 0 aromatic heterocycles. The molecule has 29 heavy (non-hydrogen) atoms. The summed E-state index contributed by atoms with van der Waals surface area (Å²) < 4.78 is 19.1. The van der Waals surface area contributed by atoms with Crippen molar-refractivity contribution in [1.29, 1.82) is 0 Å². The molecule has 0 amide bonds. The summed E-state index contributed by atoms with van der Waals surface area (Å²) in [6.07, 6.45) is 0.0893. The summed E-state index contributed by atoms with van der Waals surface area (Å²) in [4.78, 5) is 4.83. The van der Waals surface area contributed by atoms with Gasteiger partial charge in [-0.15, -0.1) is 0 Å². The Morgan fingerprint density at radius 3 is 2.62 bits per heavy atom. The first kappa shape index (κ1) is 19.4. The lowest BCUT2D eigenvalue weighted by molar-refractivity contribution is 0.411. The Balaban J connectivity index is 1.76. The molecule has 0 bridgehead atoms. The van der Waals surface area contributed by atoms with Crippen LogP contribution in [-0.2, 0) is 0 Å². The van der Waals surface area contributed by atoms with Gasteiger partial charge in [0, 0.05) is 28.8 Å². The van der Waals surface area contributed by atoms with E-state index in [2.05, 4.69) is 5.32 Å². The summed E-state index contributed by atoms with van der Waals surface area (Å²) in [5, 5.41) is 14.3. The number of ether oxygens (including phenoxy) is 1. The van der Waals surface area contributed by atoms with Crippen LogP contribution in [0.4, 0.5) is 4.39 Å². The van der Waals surface area contributed by atoms with Gasteiger partial charge in [0.2, 0.25) is 0 Å². The van der Waals surface area contributed by atoms with Gasteiger partial charge in [-0.3, -0.25) is 10.3 Å². The average Bonchev–Trinajstić information content (AvgIpc) is 2.75. The number of aliphatic imine (C=N–C) groups is 1. The largest absolute Gasteiger partial charge is 0.508 e. The number of nitrogens with zero attached hydrogens (tertiary/aromatic N) is 1. The number of methoxy groups -OCH3 is 1. The van der Waals surface area contributed by atoms with E-state index in [9.17, 15) is 9.50 Å². The first-order valence-corrected chi connectivity index (χ1v) is 9.62. The van der Waals surface area contributed by atoms with Crippen molar-refractivity contribution >= 4 is 17.3 Å². The van der Waals surface area contributed by atoms with Crippen molar-refractivity contribution in [2.45, 2.75) is 18.6 Å². The van der Waals surface area contributed by atoms with Crippen LogP contribution in [0.3, 0.4) is 0 Å². The number of benzene rings is 3. The second-order valence-electron chi connectivity index (χ2n) is 6.89. The van der Waals surface area contributed by atoms with E-state index in [1.54, 1.807) is 31.4 Å². The number of phenols is 1. The van der Waals surface area contributed by atoms with Gasteiger partial charge in [-0.2, -0.15) is 0 Å². The van der Waals surface area contributed by atoms with Crippen LogP contribution in [0, 0.1) is 5.82 Å². The molecule has 0 unspecified atom stereocenters. The van der Waals surface area contributed by atoms with Crippen molar-refractivity contribution in [3.8, 4) is 11.5 Å². The van der Waals surface area contributed by atoms with Gasteiger partial charge in [-0.25, -0.2) is 4.39 Å². The molecule has 0 saturated heterocycles. The fraction of sp³-hybridized carbons (Fsp3) is 0.174. The molecule has 6 heteroatoms. The summed E-state index contributed by atoms with van der Waals surface area (Å²) in [5.41, 5.74) is 3.19. The van der Waals surface area contributed by atoms with Crippen LogP contribution in [-0.4, -0.2) is 17.9 Å². The second kappa shape index (κ2) is 8.23. The zero-order valence-electron chi connectivity index (χ0n) is 15.8. The molecule has 148 valence electrons. The third-order valence-corrected chi connectivity index (χ3v) is 5.23.